The predicted octanol–water partition coefficient (Wildman–Crippen LogP) is 2.35. The first-order valence-corrected chi connectivity index (χ1v) is 15.0. The molecule has 0 bridgehead atoms. The van der Waals surface area contributed by atoms with Crippen molar-refractivity contribution < 1.29 is 44.0 Å². The van der Waals surface area contributed by atoms with Crippen LogP contribution in [0.1, 0.15) is 69.5 Å². The summed E-state index contributed by atoms with van der Waals surface area (Å²) in [5.41, 5.74) is 9.19. The average Bonchev–Trinajstić information content (AvgIpc) is 3.27. The van der Waals surface area contributed by atoms with Crippen LogP contribution in [0.4, 0.5) is 0 Å². The van der Waals surface area contributed by atoms with Gasteiger partial charge in [0.2, 0.25) is 0 Å². The van der Waals surface area contributed by atoms with Crippen LogP contribution in [0.3, 0.4) is 0 Å². The van der Waals surface area contributed by atoms with Crippen molar-refractivity contribution in [1.29, 1.82) is 0 Å². The minimum Gasteiger partial charge on any atom is -1.00 e. The van der Waals surface area contributed by atoms with Crippen molar-refractivity contribution in [3.8, 4) is 0 Å². The van der Waals surface area contributed by atoms with Gasteiger partial charge in [-0.1, -0.05) is 0 Å². The second-order valence-corrected chi connectivity index (χ2v) is 14.6. The first kappa shape index (κ1) is 27.9. The largest absolute Gasteiger partial charge is 1.00 e. The maximum Gasteiger partial charge on any atom is -1.00 e. The molecular formula is C28H35Cl2PTi. The molecule has 0 saturated carbocycles. The van der Waals surface area contributed by atoms with Crippen LogP contribution in [-0.2, 0) is 19.2 Å². The van der Waals surface area contributed by atoms with E-state index in [0.717, 1.165) is 11.8 Å². The van der Waals surface area contributed by atoms with Crippen LogP contribution in [0.5, 0.6) is 0 Å². The zero-order chi connectivity index (χ0) is 21.4. The van der Waals surface area contributed by atoms with Gasteiger partial charge in [0, 0.05) is 0 Å². The number of hydrogen-bond acceptors (Lipinski definition) is 0. The Balaban J connectivity index is 0.00000181. The second kappa shape index (κ2) is 11.9. The van der Waals surface area contributed by atoms with Crippen LogP contribution in [-0.4, -0.2) is 12.3 Å². The Hall–Kier alpha value is -0.356. The molecule has 0 N–H and O–H groups in total. The van der Waals surface area contributed by atoms with Gasteiger partial charge in [-0.25, -0.2) is 0 Å². The Bertz CT molecular complexity index is 983. The summed E-state index contributed by atoms with van der Waals surface area (Å²) >= 11 is -0.227. The number of halogens is 2. The van der Waals surface area contributed by atoms with Gasteiger partial charge in [0.05, 0.1) is 0 Å². The van der Waals surface area contributed by atoms with Crippen molar-refractivity contribution in [1.82, 2.24) is 0 Å². The van der Waals surface area contributed by atoms with Crippen LogP contribution in [0.15, 0.2) is 47.8 Å². The maximum absolute atomic E-state index is 2.61. The van der Waals surface area contributed by atoms with Crippen LogP contribution >= 0.6 is 7.92 Å². The van der Waals surface area contributed by atoms with Crippen LogP contribution in [0.2, 0.25) is 0 Å². The molecule has 0 spiro atoms. The van der Waals surface area contributed by atoms with Gasteiger partial charge in [-0.15, -0.1) is 0 Å². The summed E-state index contributed by atoms with van der Waals surface area (Å²) in [6.07, 6.45) is 10.3. The zero-order valence-corrected chi connectivity index (χ0v) is 24.1. The van der Waals surface area contributed by atoms with Crippen molar-refractivity contribution in [2.45, 2.75) is 50.0 Å². The summed E-state index contributed by atoms with van der Waals surface area (Å²) in [6.45, 7) is 14.2. The molecule has 2 unspecified atom stereocenters. The number of fused-ring (bicyclic) bond motifs is 2. The van der Waals surface area contributed by atoms with Crippen LogP contribution in [0, 0.1) is 25.7 Å². The molecule has 0 saturated heterocycles. The fraction of sp³-hybridized carbons (Fsp3) is 0.429. The van der Waals surface area contributed by atoms with Crippen molar-refractivity contribution in [3.05, 3.63) is 81.2 Å². The molecule has 2 aromatic carbocycles. The van der Waals surface area contributed by atoms with Gasteiger partial charge in [0.15, 0.2) is 0 Å². The number of rotatable bonds is 7. The van der Waals surface area contributed by atoms with E-state index in [-0.39, 0.29) is 51.9 Å². The van der Waals surface area contributed by atoms with Crippen molar-refractivity contribution in [2.75, 3.05) is 12.3 Å². The smallest absolute Gasteiger partial charge is 1.00 e. The summed E-state index contributed by atoms with van der Waals surface area (Å²) in [4.78, 5) is 0. The Morgan fingerprint density at radius 3 is 2.16 bits per heavy atom. The molecule has 2 aromatic rings. The Morgan fingerprint density at radius 2 is 1.50 bits per heavy atom. The van der Waals surface area contributed by atoms with Crippen molar-refractivity contribution in [3.63, 3.8) is 0 Å². The minimum absolute atomic E-state index is 0. The van der Waals surface area contributed by atoms with Crippen LogP contribution < -0.4 is 24.8 Å². The normalized spacial score (nSPS) is 18.2. The minimum atomic E-state index is -0.227. The summed E-state index contributed by atoms with van der Waals surface area (Å²) in [5.74, 6) is 1.55. The third kappa shape index (κ3) is 5.82. The standard InChI is InChI=1S/C17H24P.C11H11.2ClH.Ti/c1-13(2)11-18(12-14(3)4)17-9-15-7-5-6-8-16(15)10-17;1-8-6-7-9(2)11-5-3-4-10(8)11;;;/h5-10,13-14H,11-12H2,1-4H3;3-7H,1-2H3;2*1H;/q;;;;+2/p-2. The number of benzene rings is 2. The molecule has 2 atom stereocenters. The summed E-state index contributed by atoms with van der Waals surface area (Å²) < 4.78 is 1.36. The quantitative estimate of drug-likeness (QED) is 0.388. The van der Waals surface area contributed by atoms with E-state index in [2.05, 4.69) is 96.2 Å². The van der Waals surface area contributed by atoms with Gasteiger partial charge >= 0.3 is 195 Å². The molecule has 0 heterocycles. The van der Waals surface area contributed by atoms with Gasteiger partial charge in [0.1, 0.15) is 0 Å². The van der Waals surface area contributed by atoms with Gasteiger partial charge in [0.25, 0.3) is 0 Å². The fourth-order valence-corrected chi connectivity index (χ4v) is 12.2. The Labute approximate surface area is 218 Å². The Morgan fingerprint density at radius 1 is 0.875 bits per heavy atom. The topological polar surface area (TPSA) is 0 Å². The average molecular weight is 521 g/mol. The molecule has 0 aliphatic heterocycles. The van der Waals surface area contributed by atoms with Gasteiger partial charge < -0.3 is 24.8 Å². The zero-order valence-electron chi connectivity index (χ0n) is 20.1. The number of aryl methyl sites for hydroxylation is 2. The molecule has 0 radical (unpaired) electrons. The number of hydrogen-bond donors (Lipinski definition) is 0. The van der Waals surface area contributed by atoms with E-state index in [9.17, 15) is 0 Å². The van der Waals surface area contributed by atoms with E-state index in [1.807, 2.05) is 5.31 Å². The number of allylic oxidation sites excluding steroid dienone is 2. The van der Waals surface area contributed by atoms with E-state index in [0.29, 0.717) is 8.45 Å². The van der Waals surface area contributed by atoms with E-state index in [1.54, 1.807) is 11.1 Å². The molecule has 170 valence electrons. The molecule has 4 heteroatoms. The summed E-state index contributed by atoms with van der Waals surface area (Å²) in [6, 6.07) is 13.9. The van der Waals surface area contributed by atoms with Crippen molar-refractivity contribution in [2.24, 2.45) is 11.8 Å². The monoisotopic (exact) mass is 520 g/mol. The Kier molecular flexibility index (Phi) is 10.3. The van der Waals surface area contributed by atoms with Gasteiger partial charge in [-0.3, -0.25) is 0 Å². The molecule has 32 heavy (non-hydrogen) atoms. The molecule has 2 aliphatic rings. The van der Waals surface area contributed by atoms with E-state index in [1.165, 1.54) is 34.6 Å². The third-order valence-electron chi connectivity index (χ3n) is 6.28. The van der Waals surface area contributed by atoms with Crippen molar-refractivity contribution >= 4 is 20.1 Å². The summed E-state index contributed by atoms with van der Waals surface area (Å²) in [7, 11) is -0.0595. The van der Waals surface area contributed by atoms with Crippen LogP contribution in [0.25, 0.3) is 12.2 Å². The second-order valence-electron chi connectivity index (χ2n) is 9.85. The molecule has 4 rings (SSSR count). The van der Waals surface area contributed by atoms with Gasteiger partial charge in [-0.05, 0) is 0 Å². The molecule has 2 aliphatic carbocycles. The fourth-order valence-electron chi connectivity index (χ4n) is 5.02. The summed E-state index contributed by atoms with van der Waals surface area (Å²) in [5, 5.41) is 1.82. The molecule has 0 fully saturated rings. The third-order valence-corrected chi connectivity index (χ3v) is 12.9. The molecule has 0 nitrogen and oxygen atoms in total. The first-order valence-electron chi connectivity index (χ1n) is 11.4. The molecule has 0 amide bonds. The molecular weight excluding hydrogens is 486 g/mol. The first-order chi connectivity index (χ1) is 14.3. The molecule has 0 aromatic heterocycles. The van der Waals surface area contributed by atoms with E-state index in [4.69, 9.17) is 0 Å². The van der Waals surface area contributed by atoms with E-state index < -0.39 is 0 Å². The van der Waals surface area contributed by atoms with E-state index >= 15 is 0 Å². The van der Waals surface area contributed by atoms with Gasteiger partial charge in [-0.2, -0.15) is 0 Å². The maximum atomic E-state index is 2.61. The SMILES string of the molecule is Cc1ccc(C)c2c1C=C[CH]2[Ti+2][CH]1C(P(CC(C)C)CC(C)C)=Cc2ccccc21.[Cl-].[Cl-]. The predicted molar refractivity (Wildman–Crippen MR) is 131 cm³/mol.